The van der Waals surface area contributed by atoms with Crippen LogP contribution in [0.4, 0.5) is 4.39 Å². The molecular weight excluding hydrogens is 369 g/mol. The van der Waals surface area contributed by atoms with Gasteiger partial charge in [-0.1, -0.05) is 48.5 Å². The second-order valence-electron chi connectivity index (χ2n) is 6.82. The Morgan fingerprint density at radius 3 is 2.45 bits per heavy atom. The topological polar surface area (TPSA) is 57.6 Å². The maximum Gasteiger partial charge on any atom is 0.295 e. The number of aliphatic hydroxyl groups excluding tert-OH is 1. The first-order valence-corrected chi connectivity index (χ1v) is 9.16. The van der Waals surface area contributed by atoms with E-state index >= 15 is 0 Å². The third-order valence-electron chi connectivity index (χ3n) is 5.10. The minimum atomic E-state index is -0.774. The molecule has 1 amide bonds. The van der Waals surface area contributed by atoms with Gasteiger partial charge in [-0.25, -0.2) is 4.39 Å². The van der Waals surface area contributed by atoms with Gasteiger partial charge in [0.1, 0.15) is 11.6 Å². The monoisotopic (exact) mass is 387 g/mol. The van der Waals surface area contributed by atoms with E-state index in [1.54, 1.807) is 6.08 Å². The number of rotatable bonds is 4. The van der Waals surface area contributed by atoms with E-state index in [1.807, 2.05) is 42.5 Å². The van der Waals surface area contributed by atoms with E-state index in [0.717, 1.165) is 16.3 Å². The average Bonchev–Trinajstić information content (AvgIpc) is 2.98. The summed E-state index contributed by atoms with van der Waals surface area (Å²) in [6.45, 7) is 3.84. The highest BCUT2D eigenvalue weighted by Gasteiger charge is 2.46. The highest BCUT2D eigenvalue weighted by Crippen LogP contribution is 2.41. The Morgan fingerprint density at radius 2 is 1.72 bits per heavy atom. The summed E-state index contributed by atoms with van der Waals surface area (Å²) >= 11 is 0. The number of carbonyl (C=O) groups is 2. The summed E-state index contributed by atoms with van der Waals surface area (Å²) in [5.74, 6) is -2.26. The molecule has 1 aliphatic heterocycles. The van der Waals surface area contributed by atoms with E-state index in [1.165, 1.54) is 29.2 Å². The van der Waals surface area contributed by atoms with Crippen molar-refractivity contribution in [1.82, 2.24) is 4.90 Å². The molecule has 1 saturated heterocycles. The number of benzene rings is 3. The Hall–Kier alpha value is -3.73. The van der Waals surface area contributed by atoms with E-state index < -0.39 is 23.5 Å². The molecule has 144 valence electrons. The molecule has 0 aliphatic carbocycles. The number of halogens is 1. The van der Waals surface area contributed by atoms with Gasteiger partial charge < -0.3 is 10.0 Å². The largest absolute Gasteiger partial charge is 0.507 e. The van der Waals surface area contributed by atoms with Crippen LogP contribution >= 0.6 is 0 Å². The molecular formula is C24H18FNO3. The number of ketones is 1. The van der Waals surface area contributed by atoms with Crippen LogP contribution in [0.3, 0.4) is 0 Å². The summed E-state index contributed by atoms with van der Waals surface area (Å²) in [7, 11) is 0. The lowest BCUT2D eigenvalue weighted by atomic mass is 9.91. The number of aliphatic hydroxyl groups is 1. The predicted octanol–water partition coefficient (Wildman–Crippen LogP) is 4.59. The smallest absolute Gasteiger partial charge is 0.295 e. The van der Waals surface area contributed by atoms with Crippen LogP contribution in [0.2, 0.25) is 0 Å². The van der Waals surface area contributed by atoms with Crippen LogP contribution in [-0.2, 0) is 9.59 Å². The normalized spacial score (nSPS) is 18.4. The molecule has 0 radical (unpaired) electrons. The molecule has 3 aromatic rings. The van der Waals surface area contributed by atoms with Gasteiger partial charge in [-0.2, -0.15) is 0 Å². The van der Waals surface area contributed by atoms with Gasteiger partial charge in [-0.05, 0) is 40.6 Å². The van der Waals surface area contributed by atoms with Crippen molar-refractivity contribution in [3.05, 3.63) is 102 Å². The van der Waals surface area contributed by atoms with Crippen LogP contribution in [0.1, 0.15) is 17.2 Å². The van der Waals surface area contributed by atoms with Crippen molar-refractivity contribution in [3.8, 4) is 0 Å². The van der Waals surface area contributed by atoms with Gasteiger partial charge in [0.2, 0.25) is 0 Å². The van der Waals surface area contributed by atoms with Gasteiger partial charge in [0.15, 0.2) is 0 Å². The number of hydrogen-bond acceptors (Lipinski definition) is 3. The van der Waals surface area contributed by atoms with Crippen LogP contribution in [0.5, 0.6) is 0 Å². The first-order chi connectivity index (χ1) is 14.0. The second kappa shape index (κ2) is 7.36. The van der Waals surface area contributed by atoms with Gasteiger partial charge in [-0.15, -0.1) is 6.58 Å². The molecule has 1 N–H and O–H groups in total. The molecule has 29 heavy (non-hydrogen) atoms. The van der Waals surface area contributed by atoms with Crippen molar-refractivity contribution < 1.29 is 19.1 Å². The third-order valence-corrected chi connectivity index (χ3v) is 5.10. The predicted molar refractivity (Wildman–Crippen MR) is 110 cm³/mol. The highest BCUT2D eigenvalue weighted by atomic mass is 19.1. The molecule has 1 heterocycles. The SMILES string of the molecule is C=CCN1C(=O)C(=O)/C(=C(/O)c2ccc(F)cc2)C1c1cccc2ccccc12. The maximum atomic E-state index is 13.3. The number of carbonyl (C=O) groups excluding carboxylic acids is 2. The number of Topliss-reactive ketones (excluding diaryl/α,β-unsaturated/α-hetero) is 1. The first kappa shape index (κ1) is 18.6. The highest BCUT2D eigenvalue weighted by molar-refractivity contribution is 6.46. The number of hydrogen-bond donors (Lipinski definition) is 1. The van der Waals surface area contributed by atoms with Crippen LogP contribution in [-0.4, -0.2) is 28.2 Å². The van der Waals surface area contributed by atoms with Gasteiger partial charge in [0, 0.05) is 12.1 Å². The molecule has 3 aromatic carbocycles. The van der Waals surface area contributed by atoms with Gasteiger partial charge in [-0.3, -0.25) is 9.59 Å². The van der Waals surface area contributed by atoms with Crippen molar-refractivity contribution in [2.75, 3.05) is 6.54 Å². The van der Waals surface area contributed by atoms with Crippen LogP contribution in [0.25, 0.3) is 16.5 Å². The van der Waals surface area contributed by atoms with Gasteiger partial charge in [0.25, 0.3) is 11.7 Å². The van der Waals surface area contributed by atoms with Crippen LogP contribution in [0, 0.1) is 5.82 Å². The fourth-order valence-electron chi connectivity index (χ4n) is 3.78. The molecule has 0 spiro atoms. The van der Waals surface area contributed by atoms with Crippen molar-refractivity contribution in [1.29, 1.82) is 0 Å². The van der Waals surface area contributed by atoms with E-state index in [2.05, 4.69) is 6.58 Å². The van der Waals surface area contributed by atoms with Crippen molar-refractivity contribution in [2.24, 2.45) is 0 Å². The molecule has 0 aromatic heterocycles. The molecule has 5 heteroatoms. The number of amides is 1. The van der Waals surface area contributed by atoms with Crippen molar-refractivity contribution in [3.63, 3.8) is 0 Å². The molecule has 1 fully saturated rings. The Morgan fingerprint density at radius 1 is 1.03 bits per heavy atom. The number of nitrogens with zero attached hydrogens (tertiary/aromatic N) is 1. The Balaban J connectivity index is 1.98. The average molecular weight is 387 g/mol. The Labute approximate surface area is 167 Å². The summed E-state index contributed by atoms with van der Waals surface area (Å²) in [5.41, 5.74) is 0.987. The molecule has 1 atom stereocenters. The summed E-state index contributed by atoms with van der Waals surface area (Å²) in [6, 6.07) is 17.7. The number of fused-ring (bicyclic) bond motifs is 1. The molecule has 0 bridgehead atoms. The van der Waals surface area contributed by atoms with E-state index in [-0.39, 0.29) is 23.4 Å². The molecule has 0 saturated carbocycles. The fraction of sp³-hybridized carbons (Fsp3) is 0.0833. The first-order valence-electron chi connectivity index (χ1n) is 9.16. The Kier molecular flexibility index (Phi) is 4.72. The molecule has 1 aliphatic rings. The molecule has 1 unspecified atom stereocenters. The summed E-state index contributed by atoms with van der Waals surface area (Å²) < 4.78 is 13.3. The summed E-state index contributed by atoms with van der Waals surface area (Å²) in [5, 5.41) is 12.8. The molecule has 4 rings (SSSR count). The van der Waals surface area contributed by atoms with Crippen LogP contribution < -0.4 is 0 Å². The zero-order chi connectivity index (χ0) is 20.5. The zero-order valence-electron chi connectivity index (χ0n) is 15.5. The minimum absolute atomic E-state index is 0.0141. The van der Waals surface area contributed by atoms with Gasteiger partial charge in [0.05, 0.1) is 11.6 Å². The zero-order valence-corrected chi connectivity index (χ0v) is 15.5. The fourth-order valence-corrected chi connectivity index (χ4v) is 3.78. The summed E-state index contributed by atoms with van der Waals surface area (Å²) in [6.07, 6.45) is 1.54. The van der Waals surface area contributed by atoms with Crippen LogP contribution in [0.15, 0.2) is 85.0 Å². The minimum Gasteiger partial charge on any atom is -0.507 e. The second-order valence-corrected chi connectivity index (χ2v) is 6.82. The lowest BCUT2D eigenvalue weighted by molar-refractivity contribution is -0.139. The molecule has 4 nitrogen and oxygen atoms in total. The maximum absolute atomic E-state index is 13.3. The lowest BCUT2D eigenvalue weighted by Gasteiger charge is -2.25. The quantitative estimate of drug-likeness (QED) is 0.308. The van der Waals surface area contributed by atoms with E-state index in [9.17, 15) is 19.1 Å². The third kappa shape index (κ3) is 3.10. The van der Waals surface area contributed by atoms with E-state index in [0.29, 0.717) is 0 Å². The van der Waals surface area contributed by atoms with Gasteiger partial charge >= 0.3 is 0 Å². The van der Waals surface area contributed by atoms with E-state index in [4.69, 9.17) is 0 Å². The van der Waals surface area contributed by atoms with Crippen molar-refractivity contribution in [2.45, 2.75) is 6.04 Å². The summed E-state index contributed by atoms with van der Waals surface area (Å²) in [4.78, 5) is 27.0. The standard InChI is InChI=1S/C24H18FNO3/c1-2-14-26-21(19-9-5-7-15-6-3-4-8-18(15)19)20(23(28)24(26)29)22(27)16-10-12-17(25)13-11-16/h2-13,21,27H,1,14H2/b22-20+. The Bertz CT molecular complexity index is 1160. The lowest BCUT2D eigenvalue weighted by Crippen LogP contribution is -2.29. The van der Waals surface area contributed by atoms with Crippen molar-refractivity contribution >= 4 is 28.2 Å². The number of likely N-dealkylation sites (tertiary alicyclic amines) is 1.